The number of aromatic nitrogens is 3. The SMILES string of the molecule is O=c1ccc2cnc(NC3CCCCC3)nc2n1C12CC(C1)C2. The van der Waals surface area contributed by atoms with E-state index in [2.05, 4.69) is 10.3 Å². The lowest BCUT2D eigenvalue weighted by Crippen LogP contribution is -2.62. The van der Waals surface area contributed by atoms with E-state index in [1.807, 2.05) is 16.8 Å². The zero-order valence-electron chi connectivity index (χ0n) is 13.3. The number of pyridine rings is 1. The summed E-state index contributed by atoms with van der Waals surface area (Å²) in [6, 6.07) is 3.99. The smallest absolute Gasteiger partial charge is 0.252 e. The van der Waals surface area contributed by atoms with Crippen LogP contribution in [0, 0.1) is 5.92 Å². The summed E-state index contributed by atoms with van der Waals surface area (Å²) in [5.41, 5.74) is 0.944. The topological polar surface area (TPSA) is 59.8 Å². The van der Waals surface area contributed by atoms with E-state index >= 15 is 0 Å². The number of nitrogens with zero attached hydrogens (tertiary/aromatic N) is 3. The van der Waals surface area contributed by atoms with Crippen molar-refractivity contribution in [1.29, 1.82) is 0 Å². The van der Waals surface area contributed by atoms with Crippen LogP contribution in [0.5, 0.6) is 0 Å². The predicted octanol–water partition coefficient (Wildman–Crippen LogP) is 3.05. The van der Waals surface area contributed by atoms with Gasteiger partial charge in [-0.25, -0.2) is 4.98 Å². The zero-order chi connectivity index (χ0) is 15.4. The molecule has 0 spiro atoms. The van der Waals surface area contributed by atoms with E-state index in [0.29, 0.717) is 12.0 Å². The van der Waals surface area contributed by atoms with Gasteiger partial charge in [0.2, 0.25) is 5.95 Å². The minimum absolute atomic E-state index is 0.0533. The van der Waals surface area contributed by atoms with Crippen molar-refractivity contribution in [1.82, 2.24) is 14.5 Å². The maximum atomic E-state index is 12.5. The number of hydrogen-bond acceptors (Lipinski definition) is 4. The molecule has 0 amide bonds. The molecule has 0 aromatic carbocycles. The van der Waals surface area contributed by atoms with Crippen LogP contribution < -0.4 is 10.9 Å². The predicted molar refractivity (Wildman–Crippen MR) is 89.6 cm³/mol. The fraction of sp³-hybridized carbons (Fsp3) is 0.611. The van der Waals surface area contributed by atoms with Gasteiger partial charge in [-0.15, -0.1) is 0 Å². The second kappa shape index (κ2) is 4.79. The largest absolute Gasteiger partial charge is 0.351 e. The van der Waals surface area contributed by atoms with Gasteiger partial charge in [-0.3, -0.25) is 9.36 Å². The summed E-state index contributed by atoms with van der Waals surface area (Å²) in [6.07, 6.45) is 11.5. The number of nitrogens with one attached hydrogen (secondary N) is 1. The molecular weight excluding hydrogens is 288 g/mol. The van der Waals surface area contributed by atoms with Gasteiger partial charge >= 0.3 is 0 Å². The Hall–Kier alpha value is -1.91. The molecule has 2 aromatic rings. The van der Waals surface area contributed by atoms with Crippen LogP contribution in [0.2, 0.25) is 0 Å². The third-order valence-corrected chi connectivity index (χ3v) is 6.05. The normalized spacial score (nSPS) is 29.8. The van der Waals surface area contributed by atoms with Crippen molar-refractivity contribution in [2.24, 2.45) is 5.92 Å². The van der Waals surface area contributed by atoms with Crippen molar-refractivity contribution in [3.63, 3.8) is 0 Å². The summed E-state index contributed by atoms with van der Waals surface area (Å²) in [6.45, 7) is 0. The molecule has 4 aliphatic rings. The summed E-state index contributed by atoms with van der Waals surface area (Å²) in [5, 5.41) is 4.44. The summed E-state index contributed by atoms with van der Waals surface area (Å²) in [5.74, 6) is 1.51. The monoisotopic (exact) mass is 310 g/mol. The highest BCUT2D eigenvalue weighted by Crippen LogP contribution is 2.62. The molecule has 5 heteroatoms. The lowest BCUT2D eigenvalue weighted by molar-refractivity contribution is -0.0883. The van der Waals surface area contributed by atoms with Crippen molar-refractivity contribution in [3.8, 4) is 0 Å². The van der Waals surface area contributed by atoms with Gasteiger partial charge in [-0.1, -0.05) is 19.3 Å². The number of hydrogen-bond donors (Lipinski definition) is 1. The van der Waals surface area contributed by atoms with Crippen LogP contribution in [0.1, 0.15) is 51.4 Å². The highest BCUT2D eigenvalue weighted by molar-refractivity contribution is 5.75. The molecule has 5 nitrogen and oxygen atoms in total. The van der Waals surface area contributed by atoms with Crippen LogP contribution in [-0.4, -0.2) is 20.6 Å². The van der Waals surface area contributed by atoms with E-state index < -0.39 is 0 Å². The van der Waals surface area contributed by atoms with Gasteiger partial charge in [0, 0.05) is 23.7 Å². The molecule has 2 heterocycles. The molecule has 4 fully saturated rings. The maximum absolute atomic E-state index is 12.5. The Morgan fingerprint density at radius 3 is 2.61 bits per heavy atom. The number of rotatable bonds is 3. The molecule has 0 radical (unpaired) electrons. The van der Waals surface area contributed by atoms with Crippen LogP contribution in [0.15, 0.2) is 23.1 Å². The van der Waals surface area contributed by atoms with Gasteiger partial charge in [0.1, 0.15) is 5.65 Å². The Bertz CT molecular complexity index is 804. The summed E-state index contributed by atoms with van der Waals surface area (Å²) < 4.78 is 1.95. The van der Waals surface area contributed by atoms with Crippen molar-refractivity contribution in [2.75, 3.05) is 5.32 Å². The average Bonchev–Trinajstić information content (AvgIpc) is 2.48. The second-order valence-electron chi connectivity index (χ2n) is 7.66. The van der Waals surface area contributed by atoms with E-state index in [-0.39, 0.29) is 11.1 Å². The van der Waals surface area contributed by atoms with Crippen LogP contribution in [0.25, 0.3) is 11.0 Å². The first kappa shape index (κ1) is 13.5. The standard InChI is InChI=1S/C18H22N4O/c23-15-7-6-13-11-19-17(20-14-4-2-1-3-5-14)21-16(13)22(15)18-8-12(9-18)10-18/h6-7,11-12,14H,1-5,8-10H2,(H,19,20,21). The van der Waals surface area contributed by atoms with Crippen LogP contribution in [-0.2, 0) is 5.54 Å². The molecule has 2 bridgehead atoms. The molecule has 120 valence electrons. The highest BCUT2D eigenvalue weighted by Gasteiger charge is 2.58. The summed E-state index contributed by atoms with van der Waals surface area (Å²) >= 11 is 0. The maximum Gasteiger partial charge on any atom is 0.252 e. The number of fused-ring (bicyclic) bond motifs is 1. The third kappa shape index (κ3) is 2.02. The molecule has 2 aromatic heterocycles. The molecule has 1 N–H and O–H groups in total. The Kier molecular flexibility index (Phi) is 2.82. The van der Waals surface area contributed by atoms with Gasteiger partial charge < -0.3 is 5.32 Å². The highest BCUT2D eigenvalue weighted by atomic mass is 16.1. The molecule has 0 unspecified atom stereocenters. The Morgan fingerprint density at radius 2 is 1.91 bits per heavy atom. The Morgan fingerprint density at radius 1 is 1.13 bits per heavy atom. The van der Waals surface area contributed by atoms with E-state index in [4.69, 9.17) is 4.98 Å². The van der Waals surface area contributed by atoms with E-state index in [0.717, 1.165) is 36.2 Å². The number of anilines is 1. The summed E-state index contributed by atoms with van der Waals surface area (Å²) in [7, 11) is 0. The van der Waals surface area contributed by atoms with Gasteiger partial charge in [0.25, 0.3) is 5.56 Å². The molecule has 4 aliphatic carbocycles. The molecule has 6 rings (SSSR count). The first-order valence-corrected chi connectivity index (χ1v) is 8.89. The third-order valence-electron chi connectivity index (χ3n) is 6.05. The molecule has 4 saturated carbocycles. The van der Waals surface area contributed by atoms with Crippen molar-refractivity contribution < 1.29 is 0 Å². The first-order chi connectivity index (χ1) is 11.2. The molecule has 0 atom stereocenters. The van der Waals surface area contributed by atoms with Gasteiger partial charge in [-0.05, 0) is 44.1 Å². The fourth-order valence-corrected chi connectivity index (χ4v) is 4.68. The van der Waals surface area contributed by atoms with E-state index in [1.165, 1.54) is 32.1 Å². The molecule has 23 heavy (non-hydrogen) atoms. The van der Waals surface area contributed by atoms with Crippen LogP contribution in [0.3, 0.4) is 0 Å². The van der Waals surface area contributed by atoms with E-state index in [9.17, 15) is 4.79 Å². The first-order valence-electron chi connectivity index (χ1n) is 8.89. The minimum atomic E-state index is 0.0533. The lowest BCUT2D eigenvalue weighted by atomic mass is 9.49. The average molecular weight is 310 g/mol. The van der Waals surface area contributed by atoms with Gasteiger partial charge in [0.05, 0.1) is 5.54 Å². The summed E-state index contributed by atoms with van der Waals surface area (Å²) in [4.78, 5) is 21.7. The molecule has 0 aliphatic heterocycles. The lowest BCUT2D eigenvalue weighted by Gasteiger charge is -2.62. The second-order valence-corrected chi connectivity index (χ2v) is 7.66. The minimum Gasteiger partial charge on any atom is -0.351 e. The quantitative estimate of drug-likeness (QED) is 0.946. The fourth-order valence-electron chi connectivity index (χ4n) is 4.68. The van der Waals surface area contributed by atoms with Crippen LogP contribution >= 0.6 is 0 Å². The Balaban J connectivity index is 1.55. The molecular formula is C18H22N4O. The molecule has 0 saturated heterocycles. The van der Waals surface area contributed by atoms with Gasteiger partial charge in [0.15, 0.2) is 0 Å². The van der Waals surface area contributed by atoms with Crippen molar-refractivity contribution >= 4 is 17.0 Å². The Labute approximate surface area is 135 Å². The van der Waals surface area contributed by atoms with Crippen molar-refractivity contribution in [3.05, 3.63) is 28.7 Å². The van der Waals surface area contributed by atoms with E-state index in [1.54, 1.807) is 6.07 Å². The van der Waals surface area contributed by atoms with Gasteiger partial charge in [-0.2, -0.15) is 4.98 Å². The van der Waals surface area contributed by atoms with Crippen LogP contribution in [0.4, 0.5) is 5.95 Å². The van der Waals surface area contributed by atoms with Crippen molar-refractivity contribution in [2.45, 2.75) is 62.9 Å². The zero-order valence-corrected chi connectivity index (χ0v) is 13.3.